The zero-order valence-electron chi connectivity index (χ0n) is 10.2. The monoisotopic (exact) mass is 243 g/mol. The van der Waals surface area contributed by atoms with Gasteiger partial charge in [0.1, 0.15) is 17.8 Å². The summed E-state index contributed by atoms with van der Waals surface area (Å²) in [7, 11) is 0. The zero-order valence-corrected chi connectivity index (χ0v) is 10.2. The summed E-state index contributed by atoms with van der Waals surface area (Å²) in [4.78, 5) is 12.8. The van der Waals surface area contributed by atoms with Crippen molar-refractivity contribution in [1.29, 1.82) is 0 Å². The van der Waals surface area contributed by atoms with E-state index in [0.29, 0.717) is 18.4 Å². The molecule has 3 aromatic heterocycles. The van der Waals surface area contributed by atoms with Crippen molar-refractivity contribution >= 4 is 17.1 Å². The summed E-state index contributed by atoms with van der Waals surface area (Å²) in [6.45, 7) is 4.26. The summed E-state index contributed by atoms with van der Waals surface area (Å²) >= 11 is 0. The Morgan fingerprint density at radius 2 is 2.11 bits per heavy atom. The first kappa shape index (κ1) is 10.8. The molecule has 0 spiro atoms. The van der Waals surface area contributed by atoms with E-state index in [4.69, 9.17) is 10.2 Å². The number of fused-ring (bicyclic) bond motifs is 1. The SMILES string of the molecule is Cc1cnc2c(c1)nc(N)n2Cc1ncc(C)o1. The molecule has 0 bridgehead atoms. The van der Waals surface area contributed by atoms with Crippen molar-refractivity contribution < 1.29 is 4.42 Å². The molecule has 2 N–H and O–H groups in total. The maximum absolute atomic E-state index is 5.90. The number of rotatable bonds is 2. The van der Waals surface area contributed by atoms with Gasteiger partial charge < -0.3 is 10.2 Å². The summed E-state index contributed by atoms with van der Waals surface area (Å²) in [6.07, 6.45) is 3.48. The minimum atomic E-state index is 0.416. The number of imidazole rings is 1. The second-order valence-electron chi connectivity index (χ2n) is 4.28. The van der Waals surface area contributed by atoms with Gasteiger partial charge in [-0.15, -0.1) is 0 Å². The lowest BCUT2D eigenvalue weighted by Gasteiger charge is -2.02. The molecule has 0 fully saturated rings. The minimum absolute atomic E-state index is 0.416. The van der Waals surface area contributed by atoms with E-state index in [1.54, 1.807) is 17.0 Å². The molecule has 0 atom stereocenters. The van der Waals surface area contributed by atoms with Crippen LogP contribution in [0.4, 0.5) is 5.95 Å². The van der Waals surface area contributed by atoms with Gasteiger partial charge in [-0.25, -0.2) is 15.0 Å². The number of hydrogen-bond donors (Lipinski definition) is 1. The van der Waals surface area contributed by atoms with Gasteiger partial charge in [0.15, 0.2) is 5.65 Å². The maximum atomic E-state index is 5.90. The van der Waals surface area contributed by atoms with Gasteiger partial charge in [0.05, 0.1) is 6.20 Å². The molecule has 92 valence electrons. The number of aryl methyl sites for hydroxylation is 2. The van der Waals surface area contributed by atoms with Gasteiger partial charge in [0.25, 0.3) is 0 Å². The highest BCUT2D eigenvalue weighted by molar-refractivity contribution is 5.74. The zero-order chi connectivity index (χ0) is 12.7. The van der Waals surface area contributed by atoms with Crippen LogP contribution in [-0.4, -0.2) is 19.5 Å². The molecule has 0 aliphatic heterocycles. The Morgan fingerprint density at radius 1 is 1.28 bits per heavy atom. The third kappa shape index (κ3) is 1.71. The van der Waals surface area contributed by atoms with Crippen LogP contribution < -0.4 is 5.73 Å². The molecule has 18 heavy (non-hydrogen) atoms. The third-order valence-corrected chi connectivity index (χ3v) is 2.71. The molecule has 6 heteroatoms. The molecule has 0 saturated heterocycles. The predicted octanol–water partition coefficient (Wildman–Crippen LogP) is 1.67. The van der Waals surface area contributed by atoms with Crippen molar-refractivity contribution in [2.45, 2.75) is 20.4 Å². The number of oxazole rings is 1. The molecular formula is C12H13N5O. The van der Waals surface area contributed by atoms with Gasteiger partial charge in [-0.3, -0.25) is 4.57 Å². The van der Waals surface area contributed by atoms with Crippen molar-refractivity contribution in [2.24, 2.45) is 0 Å². The second-order valence-corrected chi connectivity index (χ2v) is 4.28. The van der Waals surface area contributed by atoms with Crippen LogP contribution in [0.25, 0.3) is 11.2 Å². The van der Waals surface area contributed by atoms with Crippen molar-refractivity contribution in [2.75, 3.05) is 5.73 Å². The number of nitrogens with two attached hydrogens (primary N) is 1. The standard InChI is InChI=1S/C12H13N5O/c1-7-3-9-11(15-4-7)17(12(13)16-9)6-10-14-5-8(2)18-10/h3-5H,6H2,1-2H3,(H2,13,16). The Morgan fingerprint density at radius 3 is 2.83 bits per heavy atom. The van der Waals surface area contributed by atoms with E-state index in [2.05, 4.69) is 15.0 Å². The number of hydrogen-bond acceptors (Lipinski definition) is 5. The Bertz CT molecular complexity index is 712. The fraction of sp³-hybridized carbons (Fsp3) is 0.250. The average molecular weight is 243 g/mol. The molecule has 3 rings (SSSR count). The molecule has 0 radical (unpaired) electrons. The van der Waals surface area contributed by atoms with Crippen molar-refractivity contribution in [3.8, 4) is 0 Å². The molecule has 0 aliphatic rings. The quantitative estimate of drug-likeness (QED) is 0.740. The maximum Gasteiger partial charge on any atom is 0.214 e. The van der Waals surface area contributed by atoms with Gasteiger partial charge in [-0.05, 0) is 25.5 Å². The van der Waals surface area contributed by atoms with Gasteiger partial charge in [-0.1, -0.05) is 0 Å². The van der Waals surface area contributed by atoms with Crippen LogP contribution in [0.3, 0.4) is 0 Å². The van der Waals surface area contributed by atoms with E-state index >= 15 is 0 Å². The third-order valence-electron chi connectivity index (χ3n) is 2.71. The average Bonchev–Trinajstić information content (AvgIpc) is 2.84. The largest absolute Gasteiger partial charge is 0.444 e. The van der Waals surface area contributed by atoms with Crippen LogP contribution in [0.5, 0.6) is 0 Å². The van der Waals surface area contributed by atoms with E-state index in [0.717, 1.165) is 22.5 Å². The van der Waals surface area contributed by atoms with Crippen LogP contribution in [0.1, 0.15) is 17.2 Å². The Balaban J connectivity index is 2.08. The number of nitrogen functional groups attached to an aromatic ring is 1. The van der Waals surface area contributed by atoms with Crippen molar-refractivity contribution in [3.63, 3.8) is 0 Å². The minimum Gasteiger partial charge on any atom is -0.444 e. The highest BCUT2D eigenvalue weighted by Crippen LogP contribution is 2.18. The lowest BCUT2D eigenvalue weighted by molar-refractivity contribution is 0.460. The number of pyridine rings is 1. The van der Waals surface area contributed by atoms with Gasteiger partial charge in [0.2, 0.25) is 11.8 Å². The number of anilines is 1. The summed E-state index contributed by atoms with van der Waals surface area (Å²) < 4.78 is 7.23. The normalized spacial score (nSPS) is 11.2. The molecule has 0 unspecified atom stereocenters. The lowest BCUT2D eigenvalue weighted by atomic mass is 10.3. The lowest BCUT2D eigenvalue weighted by Crippen LogP contribution is -2.05. The summed E-state index contributed by atoms with van der Waals surface area (Å²) in [5.74, 6) is 1.79. The van der Waals surface area contributed by atoms with Crippen LogP contribution in [0, 0.1) is 13.8 Å². The summed E-state index contributed by atoms with van der Waals surface area (Å²) in [5.41, 5.74) is 8.49. The van der Waals surface area contributed by atoms with E-state index in [1.165, 1.54) is 0 Å². The number of aromatic nitrogens is 4. The predicted molar refractivity (Wildman–Crippen MR) is 67.0 cm³/mol. The highest BCUT2D eigenvalue weighted by Gasteiger charge is 2.12. The van der Waals surface area contributed by atoms with Gasteiger partial charge >= 0.3 is 0 Å². The van der Waals surface area contributed by atoms with E-state index < -0.39 is 0 Å². The molecule has 6 nitrogen and oxygen atoms in total. The number of nitrogens with zero attached hydrogens (tertiary/aromatic N) is 4. The van der Waals surface area contributed by atoms with Crippen molar-refractivity contribution in [3.05, 3.63) is 35.7 Å². The van der Waals surface area contributed by atoms with Gasteiger partial charge in [0, 0.05) is 6.20 Å². The smallest absolute Gasteiger partial charge is 0.214 e. The highest BCUT2D eigenvalue weighted by atomic mass is 16.4. The van der Waals surface area contributed by atoms with Crippen LogP contribution in [-0.2, 0) is 6.54 Å². The molecule has 0 aliphatic carbocycles. The fourth-order valence-electron chi connectivity index (χ4n) is 1.89. The first-order valence-electron chi connectivity index (χ1n) is 5.63. The topological polar surface area (TPSA) is 82.8 Å². The van der Waals surface area contributed by atoms with E-state index in [-0.39, 0.29) is 0 Å². The second kappa shape index (κ2) is 3.83. The van der Waals surface area contributed by atoms with Crippen molar-refractivity contribution in [1.82, 2.24) is 19.5 Å². The molecule has 3 aromatic rings. The van der Waals surface area contributed by atoms with Gasteiger partial charge in [-0.2, -0.15) is 0 Å². The molecular weight excluding hydrogens is 230 g/mol. The first-order valence-corrected chi connectivity index (χ1v) is 5.63. The Hall–Kier alpha value is -2.37. The molecule has 0 saturated carbocycles. The van der Waals surface area contributed by atoms with Crippen LogP contribution in [0.15, 0.2) is 22.9 Å². The Kier molecular flexibility index (Phi) is 2.29. The first-order chi connectivity index (χ1) is 8.63. The summed E-state index contributed by atoms with van der Waals surface area (Å²) in [5, 5.41) is 0. The molecule has 0 amide bonds. The fourth-order valence-corrected chi connectivity index (χ4v) is 1.89. The summed E-state index contributed by atoms with van der Waals surface area (Å²) in [6, 6.07) is 1.95. The van der Waals surface area contributed by atoms with E-state index in [1.807, 2.05) is 19.9 Å². The van der Waals surface area contributed by atoms with Crippen LogP contribution >= 0.6 is 0 Å². The molecule has 3 heterocycles. The van der Waals surface area contributed by atoms with E-state index in [9.17, 15) is 0 Å². The Labute approximate surface area is 103 Å². The molecule has 0 aromatic carbocycles. The van der Waals surface area contributed by atoms with Crippen LogP contribution in [0.2, 0.25) is 0 Å².